The molecule has 186 valence electrons. The number of carbonyl (C=O) groups is 3. The number of primary amides is 1. The smallest absolute Gasteiger partial charge is 0.255 e. The average Bonchev–Trinajstić information content (AvgIpc) is 2.81. The number of phenolic OH excluding ortho intramolecular Hbond substituents is 1. The van der Waals surface area contributed by atoms with Crippen molar-refractivity contribution in [3.8, 4) is 17.1 Å². The van der Waals surface area contributed by atoms with Crippen molar-refractivity contribution >= 4 is 23.2 Å². The first-order valence-corrected chi connectivity index (χ1v) is 11.3. The molecule has 0 spiro atoms. The molecular formula is C25H24N4O7. The zero-order chi connectivity index (χ0) is 26.1. The van der Waals surface area contributed by atoms with Gasteiger partial charge in [0.15, 0.2) is 17.2 Å². The van der Waals surface area contributed by atoms with Crippen LogP contribution in [0.15, 0.2) is 47.5 Å². The van der Waals surface area contributed by atoms with E-state index in [1.54, 1.807) is 38.6 Å². The van der Waals surface area contributed by atoms with Gasteiger partial charge in [0.05, 0.1) is 11.6 Å². The molecule has 1 fully saturated rings. The largest absolute Gasteiger partial charge is 0.508 e. The number of ketones is 2. The maximum absolute atomic E-state index is 13.8. The molecule has 3 aliphatic rings. The van der Waals surface area contributed by atoms with E-state index < -0.39 is 58.0 Å². The van der Waals surface area contributed by atoms with Gasteiger partial charge < -0.3 is 26.2 Å². The number of fused-ring (bicyclic) bond motifs is 3. The Hall–Kier alpha value is -4.09. The molecule has 1 aromatic heterocycles. The molecule has 0 bridgehead atoms. The normalized spacial score (nSPS) is 27.6. The first-order chi connectivity index (χ1) is 17.0. The van der Waals surface area contributed by atoms with Gasteiger partial charge in [-0.3, -0.25) is 19.3 Å². The number of carbonyl (C=O) groups excluding carboxylic acids is 3. The first kappa shape index (κ1) is 23.6. The minimum atomic E-state index is -2.67. The number of Topliss-reactive ketones (excluding diaryl/α,β-unsaturated/α-hetero) is 2. The predicted molar refractivity (Wildman–Crippen MR) is 125 cm³/mol. The van der Waals surface area contributed by atoms with Crippen LogP contribution in [0.25, 0.3) is 17.1 Å². The lowest BCUT2D eigenvalue weighted by molar-refractivity contribution is -0.153. The summed E-state index contributed by atoms with van der Waals surface area (Å²) in [5.41, 5.74) is 2.66. The van der Waals surface area contributed by atoms with Crippen molar-refractivity contribution in [2.24, 2.45) is 17.6 Å². The lowest BCUT2D eigenvalue weighted by Crippen LogP contribution is -2.65. The van der Waals surface area contributed by atoms with Gasteiger partial charge in [-0.15, -0.1) is 0 Å². The van der Waals surface area contributed by atoms with Crippen LogP contribution in [-0.4, -0.2) is 78.5 Å². The fourth-order valence-electron chi connectivity index (χ4n) is 5.89. The van der Waals surface area contributed by atoms with Crippen molar-refractivity contribution in [1.29, 1.82) is 0 Å². The first-order valence-electron chi connectivity index (χ1n) is 11.3. The summed E-state index contributed by atoms with van der Waals surface area (Å²) in [4.78, 5) is 48.9. The van der Waals surface area contributed by atoms with E-state index in [-0.39, 0.29) is 29.7 Å². The number of hydrogen-bond acceptors (Lipinski definition) is 10. The van der Waals surface area contributed by atoms with Crippen LogP contribution in [0.2, 0.25) is 0 Å². The number of aromatic hydroxyl groups is 1. The van der Waals surface area contributed by atoms with E-state index in [9.17, 15) is 34.8 Å². The lowest BCUT2D eigenvalue weighted by Gasteiger charge is -2.50. The number of benzene rings is 1. The Balaban J connectivity index is 1.75. The predicted octanol–water partition coefficient (Wildman–Crippen LogP) is 0.421. The zero-order valence-corrected chi connectivity index (χ0v) is 19.5. The van der Waals surface area contributed by atoms with Crippen molar-refractivity contribution in [2.75, 3.05) is 14.1 Å². The second-order valence-corrected chi connectivity index (χ2v) is 9.52. The number of aliphatic hydroxyl groups is 3. The maximum Gasteiger partial charge on any atom is 0.255 e. The molecule has 2 aromatic rings. The Bertz CT molecular complexity index is 1400. The van der Waals surface area contributed by atoms with Gasteiger partial charge in [0.2, 0.25) is 5.78 Å². The summed E-state index contributed by atoms with van der Waals surface area (Å²) in [5, 5.41) is 44.3. The fourth-order valence-corrected chi connectivity index (χ4v) is 5.89. The summed E-state index contributed by atoms with van der Waals surface area (Å²) in [6.07, 6.45) is 3.28. The molecular weight excluding hydrogens is 468 g/mol. The molecule has 1 amide bonds. The minimum Gasteiger partial charge on any atom is -0.508 e. The third-order valence-corrected chi connectivity index (χ3v) is 7.41. The summed E-state index contributed by atoms with van der Waals surface area (Å²) in [7, 11) is 3.10. The highest BCUT2D eigenvalue weighted by atomic mass is 16.3. The third kappa shape index (κ3) is 3.02. The fraction of sp³-hybridized carbons (Fsp3) is 0.320. The van der Waals surface area contributed by atoms with Gasteiger partial charge in [-0.1, -0.05) is 0 Å². The summed E-state index contributed by atoms with van der Waals surface area (Å²) in [6, 6.07) is 3.47. The van der Waals surface area contributed by atoms with Gasteiger partial charge in [0, 0.05) is 29.4 Å². The summed E-state index contributed by atoms with van der Waals surface area (Å²) in [5.74, 6) is -6.53. The molecule has 0 unspecified atom stereocenters. The molecule has 3 aliphatic carbocycles. The van der Waals surface area contributed by atoms with Crippen molar-refractivity contribution in [3.63, 3.8) is 0 Å². The number of nitrogens with zero attached hydrogens (tertiary/aromatic N) is 3. The van der Waals surface area contributed by atoms with Crippen LogP contribution in [0, 0.1) is 11.8 Å². The number of aromatic nitrogens is 2. The summed E-state index contributed by atoms with van der Waals surface area (Å²) in [6.45, 7) is 0. The SMILES string of the molecule is CN(C)[C@@H]1C(=O)C(C(N)=O)=C(O)[C@@]2(O)C(=O)C3=C(O)c4c(O)ccc(-c5ncccn5)c4C[C@H]3C[C@@H]12. The molecule has 1 aromatic carbocycles. The van der Waals surface area contributed by atoms with Crippen LogP contribution < -0.4 is 5.73 Å². The number of phenols is 1. The second-order valence-electron chi connectivity index (χ2n) is 9.52. The number of aliphatic hydroxyl groups excluding tert-OH is 2. The number of hydrogen-bond donors (Lipinski definition) is 5. The number of likely N-dealkylation sites (N-methyl/N-ethyl adjacent to an activating group) is 1. The van der Waals surface area contributed by atoms with Gasteiger partial charge >= 0.3 is 0 Å². The van der Waals surface area contributed by atoms with Crippen molar-refractivity contribution < 1.29 is 34.8 Å². The molecule has 0 radical (unpaired) electrons. The molecule has 1 saturated carbocycles. The molecule has 0 saturated heterocycles. The molecule has 5 rings (SSSR count). The van der Waals surface area contributed by atoms with Crippen LogP contribution in [0.3, 0.4) is 0 Å². The van der Waals surface area contributed by atoms with E-state index in [1.807, 2.05) is 0 Å². The van der Waals surface area contributed by atoms with Crippen molar-refractivity contribution in [3.05, 3.63) is 58.6 Å². The summed E-state index contributed by atoms with van der Waals surface area (Å²) >= 11 is 0. The molecule has 4 atom stereocenters. The standard InChI is InChI=1S/C25H24N4O7/c1-29(2)18-13-9-10-8-12-11(24-27-6-3-7-28-24)4-5-14(30)16(12)19(31)15(10)21(33)25(13,36)22(34)17(20(18)32)23(26)35/h3-7,10,13,18,30-31,34,36H,8-9H2,1-2H3,(H2,26,35)/t10-,13-,18-,25-/m0/s1. The van der Waals surface area contributed by atoms with Crippen LogP contribution >= 0.6 is 0 Å². The molecule has 36 heavy (non-hydrogen) atoms. The number of amides is 1. The maximum atomic E-state index is 13.8. The van der Waals surface area contributed by atoms with Gasteiger partial charge in [0.25, 0.3) is 5.91 Å². The van der Waals surface area contributed by atoms with Crippen LogP contribution in [-0.2, 0) is 20.8 Å². The van der Waals surface area contributed by atoms with E-state index in [0.717, 1.165) is 0 Å². The van der Waals surface area contributed by atoms with E-state index in [2.05, 4.69) is 9.97 Å². The van der Waals surface area contributed by atoms with E-state index in [0.29, 0.717) is 17.0 Å². The third-order valence-electron chi connectivity index (χ3n) is 7.41. The quantitative estimate of drug-likeness (QED) is 0.376. The lowest BCUT2D eigenvalue weighted by atomic mass is 9.57. The average molecular weight is 492 g/mol. The Labute approximate surface area is 205 Å². The van der Waals surface area contributed by atoms with Crippen molar-refractivity contribution in [1.82, 2.24) is 14.9 Å². The highest BCUT2D eigenvalue weighted by Crippen LogP contribution is 2.53. The van der Waals surface area contributed by atoms with Crippen LogP contribution in [0.1, 0.15) is 17.5 Å². The molecule has 11 heteroatoms. The molecule has 11 nitrogen and oxygen atoms in total. The second kappa shape index (κ2) is 7.97. The Morgan fingerprint density at radius 2 is 1.81 bits per heavy atom. The zero-order valence-electron chi connectivity index (χ0n) is 19.5. The van der Waals surface area contributed by atoms with Gasteiger partial charge in [-0.05, 0) is 56.6 Å². The highest BCUT2D eigenvalue weighted by molar-refractivity contribution is 6.24. The monoisotopic (exact) mass is 492 g/mol. The number of rotatable bonds is 3. The number of nitrogens with two attached hydrogens (primary N) is 1. The van der Waals surface area contributed by atoms with Gasteiger partial charge in [0.1, 0.15) is 22.8 Å². The van der Waals surface area contributed by atoms with Crippen molar-refractivity contribution in [2.45, 2.75) is 24.5 Å². The van der Waals surface area contributed by atoms with E-state index in [1.165, 1.54) is 11.0 Å². The van der Waals surface area contributed by atoms with Gasteiger partial charge in [-0.25, -0.2) is 9.97 Å². The molecule has 0 aliphatic heterocycles. The Morgan fingerprint density at radius 1 is 1.14 bits per heavy atom. The summed E-state index contributed by atoms with van der Waals surface area (Å²) < 4.78 is 0. The molecule has 1 heterocycles. The topological polar surface area (TPSA) is 187 Å². The van der Waals surface area contributed by atoms with Crippen LogP contribution in [0.5, 0.6) is 5.75 Å². The molecule has 6 N–H and O–H groups in total. The Kier molecular flexibility index (Phi) is 5.23. The minimum absolute atomic E-state index is 0.00348. The van der Waals surface area contributed by atoms with E-state index >= 15 is 0 Å². The Morgan fingerprint density at radius 3 is 2.42 bits per heavy atom. The highest BCUT2D eigenvalue weighted by Gasteiger charge is 2.64. The van der Waals surface area contributed by atoms with Gasteiger partial charge in [-0.2, -0.15) is 0 Å². The van der Waals surface area contributed by atoms with Crippen LogP contribution in [0.4, 0.5) is 0 Å². The van der Waals surface area contributed by atoms with E-state index in [4.69, 9.17) is 5.73 Å².